The Kier molecular flexibility index (Phi) is 7.85. The van der Waals surface area contributed by atoms with Crippen LogP contribution in [0.25, 0.3) is 5.69 Å². The summed E-state index contributed by atoms with van der Waals surface area (Å²) in [5, 5.41) is 12.0. The van der Waals surface area contributed by atoms with E-state index in [0.717, 1.165) is 18.8 Å². The third-order valence-electron chi connectivity index (χ3n) is 5.35. The van der Waals surface area contributed by atoms with E-state index in [-0.39, 0.29) is 17.6 Å². The summed E-state index contributed by atoms with van der Waals surface area (Å²) in [7, 11) is 0. The van der Waals surface area contributed by atoms with Crippen molar-refractivity contribution in [1.82, 2.24) is 25.0 Å². The number of para-hydroxylation sites is 1. The molecule has 0 unspecified atom stereocenters. The molecule has 33 heavy (non-hydrogen) atoms. The van der Waals surface area contributed by atoms with Crippen LogP contribution in [-0.2, 0) is 9.59 Å². The van der Waals surface area contributed by atoms with E-state index in [2.05, 4.69) is 32.5 Å². The second-order valence-corrected chi connectivity index (χ2v) is 8.93. The molecule has 1 aliphatic heterocycles. The van der Waals surface area contributed by atoms with Crippen molar-refractivity contribution in [3.05, 3.63) is 65.9 Å². The van der Waals surface area contributed by atoms with Crippen molar-refractivity contribution in [3.8, 4) is 5.69 Å². The molecular formula is C23H25ClN6O2S. The maximum atomic E-state index is 12.5. The van der Waals surface area contributed by atoms with Gasteiger partial charge in [-0.25, -0.2) is 0 Å². The van der Waals surface area contributed by atoms with Gasteiger partial charge in [0.1, 0.15) is 6.33 Å². The topological polar surface area (TPSA) is 83.4 Å². The highest BCUT2D eigenvalue weighted by molar-refractivity contribution is 7.99. The van der Waals surface area contributed by atoms with Crippen LogP contribution >= 0.6 is 23.4 Å². The minimum atomic E-state index is -0.151. The summed E-state index contributed by atoms with van der Waals surface area (Å²) in [5.74, 6) is 0.0992. The average molecular weight is 485 g/mol. The Labute approximate surface area is 201 Å². The fraction of sp³-hybridized carbons (Fsp3) is 0.304. The van der Waals surface area contributed by atoms with E-state index in [4.69, 9.17) is 11.6 Å². The Balaban J connectivity index is 1.17. The number of nitrogens with one attached hydrogen (secondary N) is 1. The smallest absolute Gasteiger partial charge is 0.230 e. The number of hydrogen-bond acceptors (Lipinski definition) is 6. The van der Waals surface area contributed by atoms with Crippen molar-refractivity contribution >= 4 is 40.9 Å². The van der Waals surface area contributed by atoms with Crippen LogP contribution in [0.2, 0.25) is 5.02 Å². The molecule has 8 nitrogen and oxygen atoms in total. The van der Waals surface area contributed by atoms with Gasteiger partial charge in [0.25, 0.3) is 0 Å². The summed E-state index contributed by atoms with van der Waals surface area (Å²) in [6.07, 6.45) is 1.88. The van der Waals surface area contributed by atoms with Crippen LogP contribution in [0.5, 0.6) is 0 Å². The number of amides is 2. The predicted octanol–water partition coefficient (Wildman–Crippen LogP) is 2.87. The fourth-order valence-electron chi connectivity index (χ4n) is 3.63. The molecule has 1 N–H and O–H groups in total. The molecule has 3 aromatic rings. The van der Waals surface area contributed by atoms with E-state index in [1.54, 1.807) is 23.0 Å². The maximum Gasteiger partial charge on any atom is 0.230 e. The Morgan fingerprint density at radius 1 is 1.00 bits per heavy atom. The third-order valence-corrected chi connectivity index (χ3v) is 6.53. The molecule has 2 heterocycles. The Bertz CT molecular complexity index is 1090. The quantitative estimate of drug-likeness (QED) is 0.495. The molecule has 2 aromatic carbocycles. The van der Waals surface area contributed by atoms with E-state index in [9.17, 15) is 9.59 Å². The number of piperazine rings is 1. The van der Waals surface area contributed by atoms with Crippen LogP contribution < -0.4 is 10.2 Å². The lowest BCUT2D eigenvalue weighted by molar-refractivity contribution is -0.131. The SMILES string of the molecule is O=C(CSc1nncn1-c1cccc(Cl)c1)NCCC(=O)N1CCN(c2ccccc2)CC1. The maximum absolute atomic E-state index is 12.5. The van der Waals surface area contributed by atoms with Crippen LogP contribution in [0.1, 0.15) is 6.42 Å². The molecule has 0 atom stereocenters. The van der Waals surface area contributed by atoms with E-state index in [1.165, 1.54) is 17.4 Å². The van der Waals surface area contributed by atoms with Crippen molar-refractivity contribution in [2.45, 2.75) is 11.6 Å². The van der Waals surface area contributed by atoms with Gasteiger partial charge in [0.15, 0.2) is 5.16 Å². The molecular weight excluding hydrogens is 460 g/mol. The number of carbonyl (C=O) groups excluding carboxylic acids is 2. The molecule has 4 rings (SSSR count). The van der Waals surface area contributed by atoms with Crippen molar-refractivity contribution in [2.75, 3.05) is 43.4 Å². The standard InChI is InChI=1S/C23H25ClN6O2S/c24-18-5-4-8-20(15-18)30-17-26-27-23(30)33-16-21(31)25-10-9-22(32)29-13-11-28(12-14-29)19-6-2-1-3-7-19/h1-8,15,17H,9-14,16H2,(H,25,31). The van der Waals surface area contributed by atoms with E-state index in [1.807, 2.05) is 35.2 Å². The first-order valence-corrected chi connectivity index (χ1v) is 12.1. The van der Waals surface area contributed by atoms with E-state index in [0.29, 0.717) is 36.2 Å². The predicted molar refractivity (Wildman–Crippen MR) is 130 cm³/mol. The van der Waals surface area contributed by atoms with Gasteiger partial charge in [-0.2, -0.15) is 0 Å². The lowest BCUT2D eigenvalue weighted by Gasteiger charge is -2.36. The number of anilines is 1. The number of aromatic nitrogens is 3. The number of nitrogens with zero attached hydrogens (tertiary/aromatic N) is 5. The largest absolute Gasteiger partial charge is 0.368 e. The molecule has 0 aliphatic carbocycles. The zero-order valence-electron chi connectivity index (χ0n) is 18.1. The molecule has 10 heteroatoms. The summed E-state index contributed by atoms with van der Waals surface area (Å²) in [4.78, 5) is 28.9. The van der Waals surface area contributed by atoms with Crippen molar-refractivity contribution in [2.24, 2.45) is 0 Å². The van der Waals surface area contributed by atoms with Gasteiger partial charge < -0.3 is 15.1 Å². The molecule has 0 bridgehead atoms. The van der Waals surface area contributed by atoms with Crippen molar-refractivity contribution in [1.29, 1.82) is 0 Å². The Hall–Kier alpha value is -3.04. The summed E-state index contributed by atoms with van der Waals surface area (Å²) in [6, 6.07) is 17.6. The lowest BCUT2D eigenvalue weighted by Crippen LogP contribution is -2.49. The highest BCUT2D eigenvalue weighted by atomic mass is 35.5. The minimum Gasteiger partial charge on any atom is -0.368 e. The summed E-state index contributed by atoms with van der Waals surface area (Å²) < 4.78 is 1.78. The van der Waals surface area contributed by atoms with Gasteiger partial charge in [0.05, 0.1) is 11.4 Å². The molecule has 2 amide bonds. The zero-order chi connectivity index (χ0) is 23.0. The van der Waals surface area contributed by atoms with Gasteiger partial charge in [-0.15, -0.1) is 10.2 Å². The molecule has 1 aliphatic rings. The first kappa shape index (κ1) is 23.1. The Morgan fingerprint density at radius 2 is 1.76 bits per heavy atom. The van der Waals surface area contributed by atoms with Gasteiger partial charge >= 0.3 is 0 Å². The Morgan fingerprint density at radius 3 is 2.52 bits per heavy atom. The number of thioether (sulfide) groups is 1. The van der Waals surface area contributed by atoms with Crippen LogP contribution in [-0.4, -0.2) is 70.0 Å². The fourth-order valence-corrected chi connectivity index (χ4v) is 4.57. The molecule has 172 valence electrons. The monoisotopic (exact) mass is 484 g/mol. The highest BCUT2D eigenvalue weighted by Gasteiger charge is 2.21. The van der Waals surface area contributed by atoms with Crippen molar-refractivity contribution < 1.29 is 9.59 Å². The number of hydrogen-bond donors (Lipinski definition) is 1. The van der Waals surface area contributed by atoms with Gasteiger partial charge in [-0.3, -0.25) is 14.2 Å². The van der Waals surface area contributed by atoms with Gasteiger partial charge in [0.2, 0.25) is 11.8 Å². The van der Waals surface area contributed by atoms with Crippen LogP contribution in [0.4, 0.5) is 5.69 Å². The summed E-state index contributed by atoms with van der Waals surface area (Å²) in [5.41, 5.74) is 2.01. The van der Waals surface area contributed by atoms with Crippen molar-refractivity contribution in [3.63, 3.8) is 0 Å². The molecule has 0 radical (unpaired) electrons. The number of benzene rings is 2. The number of halogens is 1. The molecule has 0 saturated carbocycles. The first-order valence-electron chi connectivity index (χ1n) is 10.7. The second kappa shape index (κ2) is 11.2. The molecule has 1 aromatic heterocycles. The normalized spacial score (nSPS) is 13.7. The van der Waals surface area contributed by atoms with Gasteiger partial charge in [-0.1, -0.05) is 47.6 Å². The molecule has 0 spiro atoms. The highest BCUT2D eigenvalue weighted by Crippen LogP contribution is 2.21. The summed E-state index contributed by atoms with van der Waals surface area (Å²) >= 11 is 7.34. The number of carbonyl (C=O) groups is 2. The minimum absolute atomic E-state index is 0.0661. The van der Waals surface area contributed by atoms with Crippen LogP contribution in [0, 0.1) is 0 Å². The van der Waals surface area contributed by atoms with Crippen LogP contribution in [0.15, 0.2) is 66.1 Å². The summed E-state index contributed by atoms with van der Waals surface area (Å²) in [6.45, 7) is 3.32. The van der Waals surface area contributed by atoms with Gasteiger partial charge in [0, 0.05) is 49.9 Å². The van der Waals surface area contributed by atoms with E-state index < -0.39 is 0 Å². The second-order valence-electron chi connectivity index (χ2n) is 7.56. The molecule has 1 saturated heterocycles. The molecule has 1 fully saturated rings. The van der Waals surface area contributed by atoms with Crippen LogP contribution in [0.3, 0.4) is 0 Å². The van der Waals surface area contributed by atoms with E-state index >= 15 is 0 Å². The van der Waals surface area contributed by atoms with Gasteiger partial charge in [-0.05, 0) is 30.3 Å². The third kappa shape index (κ3) is 6.27. The average Bonchev–Trinajstić information content (AvgIpc) is 3.32. The zero-order valence-corrected chi connectivity index (χ0v) is 19.6. The lowest BCUT2D eigenvalue weighted by atomic mass is 10.2. The first-order chi connectivity index (χ1) is 16.1. The number of rotatable bonds is 8.